The van der Waals surface area contributed by atoms with Gasteiger partial charge in [-0.1, -0.05) is 24.1 Å². The molecule has 3 rings (SSSR count). The van der Waals surface area contributed by atoms with Crippen LogP contribution in [0.3, 0.4) is 0 Å². The van der Waals surface area contributed by atoms with Crippen LogP contribution in [0.25, 0.3) is 0 Å². The van der Waals surface area contributed by atoms with Crippen LogP contribution in [-0.4, -0.2) is 37.2 Å². The maximum Gasteiger partial charge on any atom is 0.124 e. The van der Waals surface area contributed by atoms with E-state index in [4.69, 9.17) is 16.3 Å². The Kier molecular flexibility index (Phi) is 4.49. The molecule has 2 saturated heterocycles. The molecule has 0 saturated carbocycles. The van der Waals surface area contributed by atoms with Crippen molar-refractivity contribution in [1.29, 1.82) is 0 Å². The smallest absolute Gasteiger partial charge is 0.124 e. The largest absolute Gasteiger partial charge is 0.496 e. The van der Waals surface area contributed by atoms with E-state index in [9.17, 15) is 0 Å². The zero-order valence-electron chi connectivity index (χ0n) is 12.1. The standard InChI is InChI=1S/C16H23ClN2O/c1-20-16-7-4-5-13(17)12(16)11-18-14-8-10-19-9-3-2-6-15(14)19/h4-5,7,14-15,18H,2-3,6,8-11H2,1H3. The topological polar surface area (TPSA) is 24.5 Å². The average Bonchev–Trinajstić information content (AvgIpc) is 2.89. The van der Waals surface area contributed by atoms with Gasteiger partial charge in [0.25, 0.3) is 0 Å². The van der Waals surface area contributed by atoms with Gasteiger partial charge in [0.15, 0.2) is 0 Å². The number of nitrogens with zero attached hydrogens (tertiary/aromatic N) is 1. The second-order valence-corrected chi connectivity index (χ2v) is 6.20. The lowest BCUT2D eigenvalue weighted by Crippen LogP contribution is -2.44. The van der Waals surface area contributed by atoms with Crippen molar-refractivity contribution in [3.8, 4) is 5.75 Å². The summed E-state index contributed by atoms with van der Waals surface area (Å²) in [6.07, 6.45) is 5.31. The monoisotopic (exact) mass is 294 g/mol. The van der Waals surface area contributed by atoms with Crippen molar-refractivity contribution in [2.24, 2.45) is 0 Å². The maximum atomic E-state index is 6.30. The third-order valence-electron chi connectivity index (χ3n) is 4.69. The molecule has 1 N–H and O–H groups in total. The van der Waals surface area contributed by atoms with E-state index in [2.05, 4.69) is 10.2 Å². The number of hydrogen-bond donors (Lipinski definition) is 1. The molecule has 0 amide bonds. The van der Waals surface area contributed by atoms with Gasteiger partial charge in [0.05, 0.1) is 7.11 Å². The fraction of sp³-hybridized carbons (Fsp3) is 0.625. The van der Waals surface area contributed by atoms with E-state index in [1.54, 1.807) is 7.11 Å². The summed E-state index contributed by atoms with van der Waals surface area (Å²) in [5.74, 6) is 0.878. The van der Waals surface area contributed by atoms with Gasteiger partial charge < -0.3 is 10.1 Å². The molecule has 3 nitrogen and oxygen atoms in total. The van der Waals surface area contributed by atoms with Gasteiger partial charge in [0.1, 0.15) is 5.75 Å². The number of methoxy groups -OCH3 is 1. The fourth-order valence-corrected chi connectivity index (χ4v) is 3.85. The number of halogens is 1. The van der Waals surface area contributed by atoms with Gasteiger partial charge in [-0.2, -0.15) is 0 Å². The first kappa shape index (κ1) is 14.2. The highest BCUT2D eigenvalue weighted by Gasteiger charge is 2.35. The number of rotatable bonds is 4. The third kappa shape index (κ3) is 2.80. The van der Waals surface area contributed by atoms with Gasteiger partial charge in [-0.05, 0) is 37.9 Å². The zero-order valence-corrected chi connectivity index (χ0v) is 12.8. The van der Waals surface area contributed by atoms with Crippen molar-refractivity contribution in [2.75, 3.05) is 20.2 Å². The number of hydrogen-bond acceptors (Lipinski definition) is 3. The zero-order chi connectivity index (χ0) is 13.9. The lowest BCUT2D eigenvalue weighted by atomic mass is 9.99. The second kappa shape index (κ2) is 6.33. The van der Waals surface area contributed by atoms with E-state index in [0.717, 1.165) is 28.9 Å². The van der Waals surface area contributed by atoms with Gasteiger partial charge in [0, 0.05) is 35.8 Å². The van der Waals surface area contributed by atoms with Gasteiger partial charge in [0.2, 0.25) is 0 Å². The Balaban J connectivity index is 1.65. The maximum absolute atomic E-state index is 6.30. The first-order valence-corrected chi connectivity index (χ1v) is 7.96. The highest BCUT2D eigenvalue weighted by molar-refractivity contribution is 6.31. The van der Waals surface area contributed by atoms with Crippen LogP contribution in [0.2, 0.25) is 5.02 Å². The number of fused-ring (bicyclic) bond motifs is 1. The quantitative estimate of drug-likeness (QED) is 0.924. The summed E-state index contributed by atoms with van der Waals surface area (Å²) < 4.78 is 5.41. The molecule has 4 heteroatoms. The molecule has 2 aliphatic rings. The number of nitrogens with one attached hydrogen (secondary N) is 1. The molecular formula is C16H23ClN2O. The molecule has 2 fully saturated rings. The summed E-state index contributed by atoms with van der Waals surface area (Å²) in [6, 6.07) is 7.16. The summed E-state index contributed by atoms with van der Waals surface area (Å²) in [6.45, 7) is 3.30. The van der Waals surface area contributed by atoms with E-state index in [1.165, 1.54) is 38.8 Å². The van der Waals surface area contributed by atoms with Crippen molar-refractivity contribution < 1.29 is 4.74 Å². The summed E-state index contributed by atoms with van der Waals surface area (Å²) in [7, 11) is 1.70. The van der Waals surface area contributed by atoms with Crippen LogP contribution in [-0.2, 0) is 6.54 Å². The summed E-state index contributed by atoms with van der Waals surface area (Å²) in [5, 5.41) is 4.49. The van der Waals surface area contributed by atoms with Gasteiger partial charge in [-0.25, -0.2) is 0 Å². The number of benzene rings is 1. The molecule has 2 unspecified atom stereocenters. The van der Waals surface area contributed by atoms with E-state index in [0.29, 0.717) is 6.04 Å². The van der Waals surface area contributed by atoms with Crippen molar-refractivity contribution in [3.63, 3.8) is 0 Å². The molecule has 0 spiro atoms. The minimum atomic E-state index is 0.594. The lowest BCUT2D eigenvalue weighted by Gasteiger charge is -2.32. The molecule has 1 aromatic rings. The Bertz CT molecular complexity index is 466. The van der Waals surface area contributed by atoms with E-state index >= 15 is 0 Å². The van der Waals surface area contributed by atoms with E-state index in [-0.39, 0.29) is 0 Å². The van der Waals surface area contributed by atoms with Crippen molar-refractivity contribution in [1.82, 2.24) is 10.2 Å². The summed E-state index contributed by atoms with van der Waals surface area (Å²) >= 11 is 6.30. The van der Waals surface area contributed by atoms with Gasteiger partial charge in [-0.3, -0.25) is 4.90 Å². The Morgan fingerprint density at radius 2 is 2.20 bits per heavy atom. The predicted molar refractivity (Wildman–Crippen MR) is 82.5 cm³/mol. The molecular weight excluding hydrogens is 272 g/mol. The van der Waals surface area contributed by atoms with Gasteiger partial charge >= 0.3 is 0 Å². The highest BCUT2D eigenvalue weighted by atomic mass is 35.5. The molecule has 0 aliphatic carbocycles. The highest BCUT2D eigenvalue weighted by Crippen LogP contribution is 2.29. The van der Waals surface area contributed by atoms with Crippen molar-refractivity contribution in [2.45, 2.75) is 44.3 Å². The van der Waals surface area contributed by atoms with Crippen LogP contribution in [0.4, 0.5) is 0 Å². The predicted octanol–water partition coefficient (Wildman–Crippen LogP) is 3.07. The minimum Gasteiger partial charge on any atom is -0.496 e. The molecule has 0 bridgehead atoms. The Hall–Kier alpha value is -0.770. The Labute approximate surface area is 126 Å². The van der Waals surface area contributed by atoms with E-state index < -0.39 is 0 Å². The Morgan fingerprint density at radius 1 is 1.30 bits per heavy atom. The van der Waals surface area contributed by atoms with Crippen LogP contribution < -0.4 is 10.1 Å². The molecule has 0 radical (unpaired) electrons. The SMILES string of the molecule is COc1cccc(Cl)c1CNC1CCN2CCCCC12. The lowest BCUT2D eigenvalue weighted by molar-refractivity contribution is 0.180. The molecule has 2 aliphatic heterocycles. The third-order valence-corrected chi connectivity index (χ3v) is 5.05. The van der Waals surface area contributed by atoms with Crippen LogP contribution in [0.5, 0.6) is 5.75 Å². The van der Waals surface area contributed by atoms with Crippen LogP contribution >= 0.6 is 11.6 Å². The first-order chi connectivity index (χ1) is 9.79. The fourth-order valence-electron chi connectivity index (χ4n) is 3.62. The number of ether oxygens (including phenoxy) is 1. The van der Waals surface area contributed by atoms with Crippen molar-refractivity contribution in [3.05, 3.63) is 28.8 Å². The molecule has 20 heavy (non-hydrogen) atoms. The van der Waals surface area contributed by atoms with E-state index in [1.807, 2.05) is 18.2 Å². The molecule has 110 valence electrons. The van der Waals surface area contributed by atoms with Crippen LogP contribution in [0, 0.1) is 0 Å². The molecule has 2 atom stereocenters. The minimum absolute atomic E-state index is 0.594. The molecule has 1 aromatic carbocycles. The molecule has 0 aromatic heterocycles. The molecule has 2 heterocycles. The van der Waals surface area contributed by atoms with Crippen molar-refractivity contribution >= 4 is 11.6 Å². The van der Waals surface area contributed by atoms with Gasteiger partial charge in [-0.15, -0.1) is 0 Å². The van der Waals surface area contributed by atoms with Crippen LogP contribution in [0.15, 0.2) is 18.2 Å². The summed E-state index contributed by atoms with van der Waals surface area (Å²) in [5.41, 5.74) is 1.07. The normalized spacial score (nSPS) is 26.5. The summed E-state index contributed by atoms with van der Waals surface area (Å²) in [4.78, 5) is 2.64. The first-order valence-electron chi connectivity index (χ1n) is 7.58. The number of piperidine rings is 1. The Morgan fingerprint density at radius 3 is 3.05 bits per heavy atom. The van der Waals surface area contributed by atoms with Crippen LogP contribution in [0.1, 0.15) is 31.2 Å². The second-order valence-electron chi connectivity index (χ2n) is 5.80. The average molecular weight is 295 g/mol.